The molecule has 4 aromatic rings. The third kappa shape index (κ3) is 3.41. The minimum atomic E-state index is -1.10. The molecule has 1 N–H and O–H groups in total. The summed E-state index contributed by atoms with van der Waals surface area (Å²) >= 11 is 0. The molecule has 0 atom stereocenters. The Balaban J connectivity index is 1.83. The van der Waals surface area contributed by atoms with Crippen molar-refractivity contribution < 1.29 is 14.6 Å². The summed E-state index contributed by atoms with van der Waals surface area (Å²) in [7, 11) is 0. The fourth-order valence-electron chi connectivity index (χ4n) is 2.77. The van der Waals surface area contributed by atoms with Gasteiger partial charge in [-0.1, -0.05) is 53.7 Å². The predicted octanol–water partition coefficient (Wildman–Crippen LogP) is 4.42. The lowest BCUT2D eigenvalue weighted by molar-refractivity contribution is 0.0687. The Morgan fingerprint density at radius 2 is 1.63 bits per heavy atom. The van der Waals surface area contributed by atoms with E-state index >= 15 is 0 Å². The molecule has 0 saturated carbocycles. The van der Waals surface area contributed by atoms with Gasteiger partial charge in [-0.15, -0.1) is 5.10 Å². The van der Waals surface area contributed by atoms with Crippen molar-refractivity contribution in [2.24, 2.45) is 0 Å². The minimum absolute atomic E-state index is 0.0203. The summed E-state index contributed by atoms with van der Waals surface area (Å²) in [5.41, 5.74) is 2.41. The summed E-state index contributed by atoms with van der Waals surface area (Å²) in [4.78, 5) is 11.4. The van der Waals surface area contributed by atoms with E-state index in [0.717, 1.165) is 11.1 Å². The number of hydrogen-bond donors (Lipinski definition) is 1. The highest BCUT2D eigenvalue weighted by Gasteiger charge is 2.16. The zero-order valence-corrected chi connectivity index (χ0v) is 14.2. The maximum atomic E-state index is 11.4. The molecule has 27 heavy (non-hydrogen) atoms. The minimum Gasteiger partial charge on any atom is -0.476 e. The normalized spacial score (nSPS) is 10.5. The number of carbonyl (C=O) groups is 1. The molecule has 0 aliphatic rings. The van der Waals surface area contributed by atoms with Crippen LogP contribution in [0.5, 0.6) is 11.5 Å². The number of nitrogens with zero attached hydrogens (tertiary/aromatic N) is 3. The standard InChI is InChI=1S/C21H15N3O3/c25-21(26)19-14-22-23-24(19)16-11-12-18(15-7-3-1-4-8-15)20(13-16)27-17-9-5-2-6-10-17/h1-14H,(H,25,26). The SMILES string of the molecule is O=C(O)c1cnnn1-c1ccc(-c2ccccc2)c(Oc2ccccc2)c1. The Hall–Kier alpha value is -3.93. The molecular weight excluding hydrogens is 342 g/mol. The van der Waals surface area contributed by atoms with Crippen LogP contribution in [0.2, 0.25) is 0 Å². The highest BCUT2D eigenvalue weighted by Crippen LogP contribution is 2.35. The number of aromatic carboxylic acids is 1. The molecule has 1 aromatic heterocycles. The molecule has 1 heterocycles. The number of hydrogen-bond acceptors (Lipinski definition) is 4. The van der Waals surface area contributed by atoms with Crippen molar-refractivity contribution in [1.82, 2.24) is 15.0 Å². The highest BCUT2D eigenvalue weighted by atomic mass is 16.5. The van der Waals surface area contributed by atoms with Crippen LogP contribution < -0.4 is 4.74 Å². The van der Waals surface area contributed by atoms with Crippen LogP contribution in [0.4, 0.5) is 0 Å². The zero-order valence-electron chi connectivity index (χ0n) is 14.2. The first kappa shape index (κ1) is 16.5. The van der Waals surface area contributed by atoms with Gasteiger partial charge in [0.05, 0.1) is 11.9 Å². The Bertz CT molecular complexity index is 1080. The molecule has 0 radical (unpaired) electrons. The summed E-state index contributed by atoms with van der Waals surface area (Å²) in [6, 6.07) is 24.7. The van der Waals surface area contributed by atoms with Crippen molar-refractivity contribution in [3.63, 3.8) is 0 Å². The van der Waals surface area contributed by atoms with Crippen LogP contribution in [0, 0.1) is 0 Å². The van der Waals surface area contributed by atoms with Crippen molar-refractivity contribution >= 4 is 5.97 Å². The van der Waals surface area contributed by atoms with Gasteiger partial charge >= 0.3 is 5.97 Å². The third-order valence-electron chi connectivity index (χ3n) is 4.03. The third-order valence-corrected chi connectivity index (χ3v) is 4.03. The fourth-order valence-corrected chi connectivity index (χ4v) is 2.77. The van der Waals surface area contributed by atoms with E-state index in [1.54, 1.807) is 12.1 Å². The first-order chi connectivity index (χ1) is 13.2. The van der Waals surface area contributed by atoms with Gasteiger partial charge in [-0.2, -0.15) is 0 Å². The van der Waals surface area contributed by atoms with Gasteiger partial charge < -0.3 is 9.84 Å². The molecule has 0 saturated heterocycles. The molecule has 0 fully saturated rings. The van der Waals surface area contributed by atoms with Crippen LogP contribution in [0.3, 0.4) is 0 Å². The molecule has 0 amide bonds. The van der Waals surface area contributed by atoms with Crippen molar-refractivity contribution in [2.45, 2.75) is 0 Å². The average Bonchev–Trinajstić information content (AvgIpc) is 3.20. The summed E-state index contributed by atoms with van der Waals surface area (Å²) in [5.74, 6) is 0.179. The number of aromatic nitrogens is 3. The average molecular weight is 357 g/mol. The molecule has 4 rings (SSSR count). The van der Waals surface area contributed by atoms with E-state index < -0.39 is 5.97 Å². The molecule has 0 bridgehead atoms. The van der Waals surface area contributed by atoms with Crippen LogP contribution in [0.1, 0.15) is 10.5 Å². The van der Waals surface area contributed by atoms with E-state index in [-0.39, 0.29) is 5.69 Å². The van der Waals surface area contributed by atoms with Crippen LogP contribution in [-0.2, 0) is 0 Å². The van der Waals surface area contributed by atoms with Crippen molar-refractivity contribution in [1.29, 1.82) is 0 Å². The summed E-state index contributed by atoms with van der Waals surface area (Å²) in [6.45, 7) is 0. The zero-order chi connectivity index (χ0) is 18.6. The lowest BCUT2D eigenvalue weighted by Gasteiger charge is -2.14. The van der Waals surface area contributed by atoms with Gasteiger partial charge in [0.2, 0.25) is 0 Å². The van der Waals surface area contributed by atoms with E-state index in [4.69, 9.17) is 4.74 Å². The van der Waals surface area contributed by atoms with Gasteiger partial charge in [0.25, 0.3) is 0 Å². The molecule has 3 aromatic carbocycles. The molecular formula is C21H15N3O3. The van der Waals surface area contributed by atoms with Gasteiger partial charge in [-0.05, 0) is 29.8 Å². The van der Waals surface area contributed by atoms with E-state index in [2.05, 4.69) is 10.3 Å². The second-order valence-electron chi connectivity index (χ2n) is 5.80. The van der Waals surface area contributed by atoms with Gasteiger partial charge in [0.1, 0.15) is 11.5 Å². The van der Waals surface area contributed by atoms with Crippen LogP contribution >= 0.6 is 0 Å². The van der Waals surface area contributed by atoms with E-state index in [1.165, 1.54) is 10.9 Å². The Kier molecular flexibility index (Phi) is 4.37. The summed E-state index contributed by atoms with van der Waals surface area (Å²) in [6.07, 6.45) is 1.21. The van der Waals surface area contributed by atoms with Crippen LogP contribution in [0.25, 0.3) is 16.8 Å². The highest BCUT2D eigenvalue weighted by molar-refractivity contribution is 5.86. The topological polar surface area (TPSA) is 77.2 Å². The number of benzene rings is 3. The van der Waals surface area contributed by atoms with E-state index in [9.17, 15) is 9.90 Å². The molecule has 132 valence electrons. The van der Waals surface area contributed by atoms with Gasteiger partial charge in [0, 0.05) is 11.6 Å². The van der Waals surface area contributed by atoms with Crippen LogP contribution in [-0.4, -0.2) is 26.1 Å². The number of rotatable bonds is 5. The number of carboxylic acids is 1. The molecule has 0 spiro atoms. The van der Waals surface area contributed by atoms with Crippen LogP contribution in [0.15, 0.2) is 85.1 Å². The predicted molar refractivity (Wildman–Crippen MR) is 100 cm³/mol. The maximum Gasteiger partial charge on any atom is 0.356 e. The smallest absolute Gasteiger partial charge is 0.356 e. The first-order valence-corrected chi connectivity index (χ1v) is 8.29. The molecule has 0 aliphatic heterocycles. The van der Waals surface area contributed by atoms with Crippen molar-refractivity contribution in [3.05, 3.63) is 90.8 Å². The van der Waals surface area contributed by atoms with Gasteiger partial charge in [-0.25, -0.2) is 9.48 Å². The largest absolute Gasteiger partial charge is 0.476 e. The Labute approximate surface area is 155 Å². The fraction of sp³-hybridized carbons (Fsp3) is 0. The first-order valence-electron chi connectivity index (χ1n) is 8.29. The Morgan fingerprint density at radius 1 is 0.926 bits per heavy atom. The monoisotopic (exact) mass is 357 g/mol. The lowest BCUT2D eigenvalue weighted by Crippen LogP contribution is -2.08. The number of para-hydroxylation sites is 1. The molecule has 6 heteroatoms. The molecule has 0 unspecified atom stereocenters. The number of ether oxygens (including phenoxy) is 1. The second-order valence-corrected chi connectivity index (χ2v) is 5.80. The van der Waals surface area contributed by atoms with E-state index in [0.29, 0.717) is 17.2 Å². The lowest BCUT2D eigenvalue weighted by atomic mass is 10.0. The Morgan fingerprint density at radius 3 is 2.33 bits per heavy atom. The van der Waals surface area contributed by atoms with E-state index in [1.807, 2.05) is 66.7 Å². The second kappa shape index (κ2) is 7.13. The quantitative estimate of drug-likeness (QED) is 0.572. The van der Waals surface area contributed by atoms with Gasteiger partial charge in [0.15, 0.2) is 5.69 Å². The molecule has 6 nitrogen and oxygen atoms in total. The van der Waals surface area contributed by atoms with Crippen molar-refractivity contribution in [2.75, 3.05) is 0 Å². The maximum absolute atomic E-state index is 11.4. The molecule has 0 aliphatic carbocycles. The number of carboxylic acid groups (broad SMARTS) is 1. The van der Waals surface area contributed by atoms with Gasteiger partial charge in [-0.3, -0.25) is 0 Å². The van der Waals surface area contributed by atoms with Crippen molar-refractivity contribution in [3.8, 4) is 28.3 Å². The summed E-state index contributed by atoms with van der Waals surface area (Å²) < 4.78 is 7.37. The summed E-state index contributed by atoms with van der Waals surface area (Å²) in [5, 5.41) is 16.9.